The summed E-state index contributed by atoms with van der Waals surface area (Å²) in [6, 6.07) is 7.26. The number of hydrogen-bond acceptors (Lipinski definition) is 3. The maximum absolute atomic E-state index is 13.0. The predicted octanol–water partition coefficient (Wildman–Crippen LogP) is 1.85. The van der Waals surface area contributed by atoms with E-state index in [0.29, 0.717) is 17.7 Å². The molecule has 0 spiro atoms. The van der Waals surface area contributed by atoms with Gasteiger partial charge in [0.15, 0.2) is 0 Å². The molecule has 0 bridgehead atoms. The number of aryl methyl sites for hydroxylation is 2. The van der Waals surface area contributed by atoms with Gasteiger partial charge in [-0.3, -0.25) is 14.3 Å². The minimum atomic E-state index is -1.11. The van der Waals surface area contributed by atoms with Crippen LogP contribution in [-0.4, -0.2) is 38.2 Å². The average molecular weight is 319 g/mol. The van der Waals surface area contributed by atoms with Gasteiger partial charge in [0.05, 0.1) is 5.69 Å². The lowest BCUT2D eigenvalue weighted by atomic mass is 10.2. The minimum absolute atomic E-state index is 0.0814. The number of halogens is 1. The summed E-state index contributed by atoms with van der Waals surface area (Å²) >= 11 is 0. The Kier molecular flexibility index (Phi) is 5.10. The molecule has 1 aromatic carbocycles. The van der Waals surface area contributed by atoms with Crippen molar-refractivity contribution in [1.82, 2.24) is 14.7 Å². The molecule has 122 valence electrons. The molecule has 1 amide bonds. The third kappa shape index (κ3) is 4.15. The Morgan fingerprint density at radius 2 is 1.96 bits per heavy atom. The van der Waals surface area contributed by atoms with Gasteiger partial charge in [-0.25, -0.2) is 4.39 Å². The van der Waals surface area contributed by atoms with E-state index in [1.54, 1.807) is 13.1 Å². The molecule has 2 aromatic rings. The lowest BCUT2D eigenvalue weighted by Crippen LogP contribution is -2.36. The van der Waals surface area contributed by atoms with E-state index in [0.717, 1.165) is 5.69 Å². The second-order valence-electron chi connectivity index (χ2n) is 5.18. The largest absolute Gasteiger partial charge is 0.480 e. The highest BCUT2D eigenvalue weighted by atomic mass is 19.1. The lowest BCUT2D eigenvalue weighted by Gasteiger charge is -2.20. The summed E-state index contributed by atoms with van der Waals surface area (Å²) in [5, 5.41) is 13.2. The number of benzene rings is 1. The molecule has 0 unspecified atom stereocenters. The molecule has 7 heteroatoms. The van der Waals surface area contributed by atoms with E-state index in [1.807, 2.05) is 6.92 Å². The average Bonchev–Trinajstić information content (AvgIpc) is 2.89. The van der Waals surface area contributed by atoms with E-state index >= 15 is 0 Å². The molecular formula is C16H18FN3O3. The lowest BCUT2D eigenvalue weighted by molar-refractivity contribution is -0.137. The van der Waals surface area contributed by atoms with Crippen LogP contribution in [-0.2, 0) is 24.8 Å². The number of nitrogens with zero attached hydrogens (tertiary/aromatic N) is 3. The van der Waals surface area contributed by atoms with Crippen LogP contribution in [0.5, 0.6) is 0 Å². The highest BCUT2D eigenvalue weighted by molar-refractivity contribution is 5.94. The van der Waals surface area contributed by atoms with Crippen LogP contribution >= 0.6 is 0 Å². The molecule has 0 radical (unpaired) electrons. The fraction of sp³-hybridized carbons (Fsp3) is 0.312. The van der Waals surface area contributed by atoms with Crippen LogP contribution in [0, 0.1) is 5.82 Å². The van der Waals surface area contributed by atoms with E-state index in [2.05, 4.69) is 5.10 Å². The highest BCUT2D eigenvalue weighted by Gasteiger charge is 2.22. The fourth-order valence-corrected chi connectivity index (χ4v) is 2.23. The van der Waals surface area contributed by atoms with Crippen molar-refractivity contribution >= 4 is 11.9 Å². The first-order valence-electron chi connectivity index (χ1n) is 7.19. The first kappa shape index (κ1) is 16.7. The summed E-state index contributed by atoms with van der Waals surface area (Å²) in [7, 11) is 1.64. The molecule has 1 heterocycles. The van der Waals surface area contributed by atoms with Gasteiger partial charge in [-0.1, -0.05) is 19.1 Å². The van der Waals surface area contributed by atoms with Crippen LogP contribution in [0.15, 0.2) is 30.3 Å². The Hall–Kier alpha value is -2.70. The van der Waals surface area contributed by atoms with E-state index in [4.69, 9.17) is 5.11 Å². The maximum Gasteiger partial charge on any atom is 0.323 e. The van der Waals surface area contributed by atoms with Gasteiger partial charge in [0.1, 0.15) is 18.1 Å². The molecule has 0 fully saturated rings. The first-order valence-corrected chi connectivity index (χ1v) is 7.19. The van der Waals surface area contributed by atoms with Gasteiger partial charge in [0, 0.05) is 13.6 Å². The summed E-state index contributed by atoms with van der Waals surface area (Å²) in [4.78, 5) is 24.9. The van der Waals surface area contributed by atoms with Crippen LogP contribution in [0.4, 0.5) is 4.39 Å². The zero-order chi connectivity index (χ0) is 17.0. The van der Waals surface area contributed by atoms with Gasteiger partial charge >= 0.3 is 5.97 Å². The van der Waals surface area contributed by atoms with E-state index < -0.39 is 18.4 Å². The van der Waals surface area contributed by atoms with Crippen molar-refractivity contribution in [3.63, 3.8) is 0 Å². The molecule has 6 nitrogen and oxygen atoms in total. The van der Waals surface area contributed by atoms with E-state index in [-0.39, 0.29) is 12.4 Å². The monoisotopic (exact) mass is 319 g/mol. The number of carboxylic acid groups (broad SMARTS) is 1. The van der Waals surface area contributed by atoms with Gasteiger partial charge in [0.25, 0.3) is 5.91 Å². The van der Waals surface area contributed by atoms with Crippen LogP contribution in [0.2, 0.25) is 0 Å². The summed E-state index contributed by atoms with van der Waals surface area (Å²) in [5.74, 6) is -1.92. The molecule has 2 rings (SSSR count). The van der Waals surface area contributed by atoms with Gasteiger partial charge in [-0.2, -0.15) is 5.10 Å². The molecule has 0 saturated carbocycles. The van der Waals surface area contributed by atoms with E-state index in [1.165, 1.54) is 33.8 Å². The molecule has 0 atom stereocenters. The number of aliphatic carboxylic acids is 1. The molecule has 23 heavy (non-hydrogen) atoms. The number of carbonyl (C=O) groups excluding carboxylic acids is 1. The van der Waals surface area contributed by atoms with Crippen LogP contribution < -0.4 is 0 Å². The second-order valence-corrected chi connectivity index (χ2v) is 5.18. The maximum atomic E-state index is 13.0. The Balaban J connectivity index is 2.26. The van der Waals surface area contributed by atoms with Crippen LogP contribution in [0.1, 0.15) is 28.7 Å². The molecule has 1 aromatic heterocycles. The molecular weight excluding hydrogens is 301 g/mol. The zero-order valence-corrected chi connectivity index (χ0v) is 13.0. The smallest absolute Gasteiger partial charge is 0.323 e. The fourth-order valence-electron chi connectivity index (χ4n) is 2.23. The molecule has 0 saturated heterocycles. The van der Waals surface area contributed by atoms with Crippen molar-refractivity contribution < 1.29 is 19.1 Å². The van der Waals surface area contributed by atoms with Crippen molar-refractivity contribution in [3.8, 4) is 0 Å². The number of rotatable bonds is 6. The second kappa shape index (κ2) is 7.04. The van der Waals surface area contributed by atoms with Crippen LogP contribution in [0.25, 0.3) is 0 Å². The van der Waals surface area contributed by atoms with Crippen LogP contribution in [0.3, 0.4) is 0 Å². The number of hydrogen-bond donors (Lipinski definition) is 1. The zero-order valence-electron chi connectivity index (χ0n) is 13.0. The van der Waals surface area contributed by atoms with Crippen molar-refractivity contribution in [2.75, 3.05) is 6.54 Å². The summed E-state index contributed by atoms with van der Waals surface area (Å²) in [6.07, 6.45) is 0.679. The Labute approximate surface area is 133 Å². The SMILES string of the molecule is CCc1cc(C(=O)N(CC(=O)O)Cc2ccc(F)cc2)n(C)n1. The first-order chi connectivity index (χ1) is 10.9. The summed E-state index contributed by atoms with van der Waals surface area (Å²) in [6.45, 7) is 1.56. The highest BCUT2D eigenvalue weighted by Crippen LogP contribution is 2.12. The standard InChI is InChI=1S/C16H18FN3O3/c1-3-13-8-14(19(2)18-13)16(23)20(10-15(21)22)9-11-4-6-12(17)7-5-11/h4-8H,3,9-10H2,1-2H3,(H,21,22). The van der Waals surface area contributed by atoms with Crippen molar-refractivity contribution in [2.24, 2.45) is 7.05 Å². The third-order valence-electron chi connectivity index (χ3n) is 3.41. The van der Waals surface area contributed by atoms with Gasteiger partial charge in [0.2, 0.25) is 0 Å². The van der Waals surface area contributed by atoms with Gasteiger partial charge < -0.3 is 10.0 Å². The number of carbonyl (C=O) groups is 2. The number of carboxylic acids is 1. The molecule has 0 aliphatic rings. The molecule has 0 aliphatic heterocycles. The van der Waals surface area contributed by atoms with Crippen molar-refractivity contribution in [2.45, 2.75) is 19.9 Å². The summed E-state index contributed by atoms with van der Waals surface area (Å²) < 4.78 is 14.4. The quantitative estimate of drug-likeness (QED) is 0.881. The molecule has 1 N–H and O–H groups in total. The van der Waals surface area contributed by atoms with E-state index in [9.17, 15) is 14.0 Å². The summed E-state index contributed by atoms with van der Waals surface area (Å²) in [5.41, 5.74) is 1.73. The van der Waals surface area contributed by atoms with Crippen molar-refractivity contribution in [1.29, 1.82) is 0 Å². The number of amides is 1. The number of aromatic nitrogens is 2. The molecule has 0 aliphatic carbocycles. The normalized spacial score (nSPS) is 10.6. The third-order valence-corrected chi connectivity index (χ3v) is 3.41. The Morgan fingerprint density at radius 1 is 1.30 bits per heavy atom. The van der Waals surface area contributed by atoms with Gasteiger partial charge in [-0.05, 0) is 30.2 Å². The Bertz CT molecular complexity index is 710. The van der Waals surface area contributed by atoms with Gasteiger partial charge in [-0.15, -0.1) is 0 Å². The predicted molar refractivity (Wildman–Crippen MR) is 81.4 cm³/mol. The minimum Gasteiger partial charge on any atom is -0.480 e. The Morgan fingerprint density at radius 3 is 2.48 bits per heavy atom. The van der Waals surface area contributed by atoms with Crippen molar-refractivity contribution in [3.05, 3.63) is 53.1 Å². The topological polar surface area (TPSA) is 75.4 Å².